The number of likely N-dealkylation sites (N-methyl/N-ethyl adjacent to an activating group) is 1. The standard InChI is InChI=1S/C23H20ClN3O6/c1-26(14-22(28)25-17-6-4-3-5-7-17)23(29)15-8-10-20(21(12-15)32-2)33-19-11-9-16(24)13-18(19)27(30)31/h3-13H,14H2,1-2H3,(H,25,28). The molecule has 0 heterocycles. The third-order valence-corrected chi connectivity index (χ3v) is 4.77. The smallest absolute Gasteiger partial charge is 0.313 e. The predicted molar refractivity (Wildman–Crippen MR) is 123 cm³/mol. The highest BCUT2D eigenvalue weighted by Gasteiger charge is 2.21. The Balaban J connectivity index is 1.74. The van der Waals surface area contributed by atoms with E-state index in [1.54, 1.807) is 24.3 Å². The first kappa shape index (κ1) is 23.6. The summed E-state index contributed by atoms with van der Waals surface area (Å²) in [5, 5.41) is 14.2. The maximum absolute atomic E-state index is 12.8. The molecule has 0 aliphatic heterocycles. The van der Waals surface area contributed by atoms with Crippen molar-refractivity contribution in [2.75, 3.05) is 26.0 Å². The molecule has 170 valence electrons. The van der Waals surface area contributed by atoms with Crippen LogP contribution >= 0.6 is 11.6 Å². The lowest BCUT2D eigenvalue weighted by atomic mass is 10.1. The van der Waals surface area contributed by atoms with Gasteiger partial charge < -0.3 is 19.7 Å². The van der Waals surface area contributed by atoms with Gasteiger partial charge in [0.25, 0.3) is 5.91 Å². The number of carbonyl (C=O) groups is 2. The molecule has 0 unspecified atom stereocenters. The molecular weight excluding hydrogens is 450 g/mol. The Bertz CT molecular complexity index is 1190. The highest BCUT2D eigenvalue weighted by molar-refractivity contribution is 6.30. The van der Waals surface area contributed by atoms with Gasteiger partial charge in [0.05, 0.1) is 18.6 Å². The van der Waals surface area contributed by atoms with Gasteiger partial charge in [0.1, 0.15) is 0 Å². The second-order valence-electron chi connectivity index (χ2n) is 6.91. The number of nitrogens with zero attached hydrogens (tertiary/aromatic N) is 2. The third kappa shape index (κ3) is 5.98. The lowest BCUT2D eigenvalue weighted by molar-refractivity contribution is -0.385. The number of benzene rings is 3. The van der Waals surface area contributed by atoms with Gasteiger partial charge in [0.15, 0.2) is 11.5 Å². The monoisotopic (exact) mass is 469 g/mol. The number of hydrogen-bond acceptors (Lipinski definition) is 6. The van der Waals surface area contributed by atoms with Crippen molar-refractivity contribution in [2.24, 2.45) is 0 Å². The van der Waals surface area contributed by atoms with Crippen molar-refractivity contribution < 1.29 is 24.0 Å². The summed E-state index contributed by atoms with van der Waals surface area (Å²) in [6, 6.07) is 17.3. The van der Waals surface area contributed by atoms with Crippen LogP contribution in [0.5, 0.6) is 17.2 Å². The molecule has 0 atom stereocenters. The van der Waals surface area contributed by atoms with E-state index in [1.165, 1.54) is 55.5 Å². The summed E-state index contributed by atoms with van der Waals surface area (Å²) in [5.74, 6) is -0.438. The molecular formula is C23H20ClN3O6. The second kappa shape index (κ2) is 10.5. The summed E-state index contributed by atoms with van der Waals surface area (Å²) >= 11 is 5.83. The number of halogens is 1. The minimum atomic E-state index is -0.610. The van der Waals surface area contributed by atoms with E-state index in [1.807, 2.05) is 6.07 Å². The number of amides is 2. The molecule has 3 aromatic rings. The highest BCUT2D eigenvalue weighted by atomic mass is 35.5. The van der Waals surface area contributed by atoms with Crippen LogP contribution in [0.15, 0.2) is 66.7 Å². The van der Waals surface area contributed by atoms with E-state index in [9.17, 15) is 19.7 Å². The zero-order valence-electron chi connectivity index (χ0n) is 17.8. The molecule has 0 aliphatic rings. The van der Waals surface area contributed by atoms with Crippen molar-refractivity contribution in [3.8, 4) is 17.2 Å². The van der Waals surface area contributed by atoms with Gasteiger partial charge in [-0.05, 0) is 42.5 Å². The van der Waals surface area contributed by atoms with Crippen LogP contribution < -0.4 is 14.8 Å². The lowest BCUT2D eigenvalue weighted by Crippen LogP contribution is -2.34. The SMILES string of the molecule is COc1cc(C(=O)N(C)CC(=O)Nc2ccccc2)ccc1Oc1ccc(Cl)cc1[N+](=O)[O-]. The van der Waals surface area contributed by atoms with E-state index in [4.69, 9.17) is 21.1 Å². The Morgan fingerprint density at radius 2 is 1.73 bits per heavy atom. The van der Waals surface area contributed by atoms with Crippen LogP contribution in [0.3, 0.4) is 0 Å². The third-order valence-electron chi connectivity index (χ3n) is 4.53. The Kier molecular flexibility index (Phi) is 7.47. The van der Waals surface area contributed by atoms with Gasteiger partial charge >= 0.3 is 5.69 Å². The van der Waals surface area contributed by atoms with Crippen LogP contribution in [-0.2, 0) is 4.79 Å². The number of hydrogen-bond donors (Lipinski definition) is 1. The van der Waals surface area contributed by atoms with Gasteiger partial charge in [-0.3, -0.25) is 19.7 Å². The summed E-state index contributed by atoms with van der Waals surface area (Å²) in [7, 11) is 2.88. The molecule has 0 bridgehead atoms. The van der Waals surface area contributed by atoms with Crippen LogP contribution in [-0.4, -0.2) is 42.3 Å². The van der Waals surface area contributed by atoms with Crippen molar-refractivity contribution in [1.82, 2.24) is 4.90 Å². The van der Waals surface area contributed by atoms with Crippen LogP contribution in [0.25, 0.3) is 0 Å². The topological polar surface area (TPSA) is 111 Å². The fraction of sp³-hybridized carbons (Fsp3) is 0.130. The van der Waals surface area contributed by atoms with E-state index in [0.717, 1.165) is 0 Å². The number of ether oxygens (including phenoxy) is 2. The maximum atomic E-state index is 12.8. The minimum Gasteiger partial charge on any atom is -0.493 e. The quantitative estimate of drug-likeness (QED) is 0.376. The number of nitro groups is 1. The summed E-state index contributed by atoms with van der Waals surface area (Å²) < 4.78 is 11.0. The normalized spacial score (nSPS) is 10.3. The molecule has 0 fully saturated rings. The fourth-order valence-corrected chi connectivity index (χ4v) is 3.12. The van der Waals surface area contributed by atoms with E-state index in [-0.39, 0.29) is 46.0 Å². The Morgan fingerprint density at radius 1 is 1.03 bits per heavy atom. The number of rotatable bonds is 8. The Labute approximate surface area is 194 Å². The first-order valence-corrected chi connectivity index (χ1v) is 10.1. The maximum Gasteiger partial charge on any atom is 0.313 e. The zero-order chi connectivity index (χ0) is 24.0. The van der Waals surface area contributed by atoms with E-state index >= 15 is 0 Å². The van der Waals surface area contributed by atoms with Crippen LogP contribution in [0, 0.1) is 10.1 Å². The van der Waals surface area contributed by atoms with Crippen LogP contribution in [0.2, 0.25) is 5.02 Å². The summed E-state index contributed by atoms with van der Waals surface area (Å²) in [6.45, 7) is -0.161. The van der Waals surface area contributed by atoms with Crippen molar-refractivity contribution in [2.45, 2.75) is 0 Å². The van der Waals surface area contributed by atoms with Gasteiger partial charge in [-0.25, -0.2) is 0 Å². The molecule has 33 heavy (non-hydrogen) atoms. The predicted octanol–water partition coefficient (Wildman–Crippen LogP) is 4.76. The van der Waals surface area contributed by atoms with E-state index in [2.05, 4.69) is 5.32 Å². The van der Waals surface area contributed by atoms with Crippen molar-refractivity contribution >= 4 is 34.8 Å². The highest BCUT2D eigenvalue weighted by Crippen LogP contribution is 2.38. The molecule has 2 amide bonds. The number of nitro benzene ring substituents is 1. The number of carbonyl (C=O) groups excluding carboxylic acids is 2. The first-order valence-electron chi connectivity index (χ1n) is 9.68. The Hall–Kier alpha value is -4.11. The van der Waals surface area contributed by atoms with Gasteiger partial charge in [0.2, 0.25) is 11.7 Å². The molecule has 0 radical (unpaired) electrons. The second-order valence-corrected chi connectivity index (χ2v) is 7.35. The average molecular weight is 470 g/mol. The molecule has 9 nitrogen and oxygen atoms in total. The number of para-hydroxylation sites is 1. The molecule has 3 rings (SSSR count). The molecule has 0 aliphatic carbocycles. The summed E-state index contributed by atoms with van der Waals surface area (Å²) in [5.41, 5.74) is 0.566. The van der Waals surface area contributed by atoms with Crippen LogP contribution in [0.1, 0.15) is 10.4 Å². The molecule has 0 aromatic heterocycles. The summed E-state index contributed by atoms with van der Waals surface area (Å²) in [6.07, 6.45) is 0. The molecule has 0 spiro atoms. The molecule has 0 saturated heterocycles. The van der Waals surface area contributed by atoms with Crippen molar-refractivity contribution in [3.05, 3.63) is 87.4 Å². The first-order chi connectivity index (χ1) is 15.8. The molecule has 3 aromatic carbocycles. The average Bonchev–Trinajstić information content (AvgIpc) is 2.80. The number of anilines is 1. The minimum absolute atomic E-state index is 0.0310. The fourth-order valence-electron chi connectivity index (χ4n) is 2.95. The van der Waals surface area contributed by atoms with Gasteiger partial charge in [0, 0.05) is 29.4 Å². The van der Waals surface area contributed by atoms with Crippen LogP contribution in [0.4, 0.5) is 11.4 Å². The molecule has 1 N–H and O–H groups in total. The number of methoxy groups -OCH3 is 1. The van der Waals surface area contributed by atoms with E-state index < -0.39 is 10.8 Å². The Morgan fingerprint density at radius 3 is 2.39 bits per heavy atom. The summed E-state index contributed by atoms with van der Waals surface area (Å²) in [4.78, 5) is 37.0. The van der Waals surface area contributed by atoms with Crippen molar-refractivity contribution in [1.29, 1.82) is 0 Å². The lowest BCUT2D eigenvalue weighted by Gasteiger charge is -2.18. The van der Waals surface area contributed by atoms with E-state index in [0.29, 0.717) is 5.69 Å². The zero-order valence-corrected chi connectivity index (χ0v) is 18.5. The number of nitrogens with one attached hydrogen (secondary N) is 1. The molecule has 10 heteroatoms. The van der Waals surface area contributed by atoms with Gasteiger partial charge in [-0.15, -0.1) is 0 Å². The molecule has 0 saturated carbocycles. The van der Waals surface area contributed by atoms with Crippen molar-refractivity contribution in [3.63, 3.8) is 0 Å². The van der Waals surface area contributed by atoms with Gasteiger partial charge in [-0.2, -0.15) is 0 Å². The largest absolute Gasteiger partial charge is 0.493 e. The van der Waals surface area contributed by atoms with Gasteiger partial charge in [-0.1, -0.05) is 29.8 Å².